The van der Waals surface area contributed by atoms with E-state index in [1.807, 2.05) is 0 Å². The highest BCUT2D eigenvalue weighted by Crippen LogP contribution is 2.32. The van der Waals surface area contributed by atoms with Crippen LogP contribution in [-0.4, -0.2) is 17.7 Å². The highest BCUT2D eigenvalue weighted by atomic mass is 35.5. The maximum absolute atomic E-state index is 13.5. The third-order valence-corrected chi connectivity index (χ3v) is 5.23. The van der Waals surface area contributed by atoms with Gasteiger partial charge >= 0.3 is 0 Å². The second kappa shape index (κ2) is 8.86. The minimum absolute atomic E-state index is 0.0763. The summed E-state index contributed by atoms with van der Waals surface area (Å²) in [5, 5.41) is 4.92. The van der Waals surface area contributed by atoms with Gasteiger partial charge < -0.3 is 15.1 Å². The molecule has 1 aromatic heterocycles. The number of nitrogens with one attached hydrogen (secondary N) is 2. The lowest BCUT2D eigenvalue weighted by Crippen LogP contribution is -2.32. The molecule has 3 amide bonds. The molecule has 0 fully saturated rings. The Bertz CT molecular complexity index is 1260. The van der Waals surface area contributed by atoms with Gasteiger partial charge in [0.25, 0.3) is 17.7 Å². The molecule has 0 spiro atoms. The standard InChI is InChI=1S/C22H14Cl2FN3O4/c23-16-10-14(6-7-17(16)25)28-21(30)18(24)19(22(28)31)27-13-4-1-3-12(9-13)20(29)26-11-15-5-2-8-32-15/h1-10,27H,11H2,(H,26,29). The largest absolute Gasteiger partial charge is 0.467 e. The molecule has 10 heteroatoms. The summed E-state index contributed by atoms with van der Waals surface area (Å²) in [6.07, 6.45) is 1.51. The van der Waals surface area contributed by atoms with Gasteiger partial charge in [-0.2, -0.15) is 0 Å². The van der Waals surface area contributed by atoms with E-state index in [4.69, 9.17) is 27.6 Å². The van der Waals surface area contributed by atoms with Crippen LogP contribution in [0.15, 0.2) is 76.0 Å². The van der Waals surface area contributed by atoms with Crippen molar-refractivity contribution in [2.24, 2.45) is 0 Å². The molecule has 0 bridgehead atoms. The second-order valence-electron chi connectivity index (χ2n) is 6.70. The van der Waals surface area contributed by atoms with Gasteiger partial charge in [0.15, 0.2) is 0 Å². The highest BCUT2D eigenvalue weighted by molar-refractivity contribution is 6.53. The summed E-state index contributed by atoms with van der Waals surface area (Å²) >= 11 is 11.9. The van der Waals surface area contributed by atoms with E-state index in [0.29, 0.717) is 17.0 Å². The van der Waals surface area contributed by atoms with Gasteiger partial charge in [-0.05, 0) is 48.5 Å². The number of anilines is 2. The van der Waals surface area contributed by atoms with Crippen LogP contribution >= 0.6 is 23.2 Å². The Morgan fingerprint density at radius 2 is 1.84 bits per heavy atom. The van der Waals surface area contributed by atoms with Gasteiger partial charge in [-0.15, -0.1) is 0 Å². The average molecular weight is 474 g/mol. The molecular formula is C22H14Cl2FN3O4. The number of hydrogen-bond acceptors (Lipinski definition) is 5. The fraction of sp³-hybridized carbons (Fsp3) is 0.0455. The quantitative estimate of drug-likeness (QED) is 0.516. The molecule has 0 unspecified atom stereocenters. The topological polar surface area (TPSA) is 91.7 Å². The summed E-state index contributed by atoms with van der Waals surface area (Å²) in [5.41, 5.74) is 0.582. The predicted molar refractivity (Wildman–Crippen MR) is 117 cm³/mol. The number of nitrogens with zero attached hydrogens (tertiary/aromatic N) is 1. The lowest BCUT2D eigenvalue weighted by molar-refractivity contribution is -0.120. The first-order valence-corrected chi connectivity index (χ1v) is 10.0. The number of furan rings is 1. The molecule has 0 saturated heterocycles. The van der Waals surface area contributed by atoms with Crippen LogP contribution in [0, 0.1) is 5.82 Å². The van der Waals surface area contributed by atoms with Crippen LogP contribution in [0.2, 0.25) is 5.02 Å². The SMILES string of the molecule is O=C(NCc1ccco1)c1cccc(NC2=C(Cl)C(=O)N(c3ccc(F)c(Cl)c3)C2=O)c1. The Morgan fingerprint density at radius 1 is 1.03 bits per heavy atom. The third kappa shape index (κ3) is 4.23. The molecule has 32 heavy (non-hydrogen) atoms. The number of amides is 3. The fourth-order valence-corrected chi connectivity index (χ4v) is 3.42. The first-order valence-electron chi connectivity index (χ1n) is 9.26. The third-order valence-electron chi connectivity index (χ3n) is 4.59. The fourth-order valence-electron chi connectivity index (χ4n) is 3.04. The monoisotopic (exact) mass is 473 g/mol. The normalized spacial score (nSPS) is 13.7. The molecule has 0 saturated carbocycles. The van der Waals surface area contributed by atoms with Crippen molar-refractivity contribution in [2.75, 3.05) is 10.2 Å². The molecule has 0 radical (unpaired) electrons. The molecule has 0 aliphatic carbocycles. The molecule has 3 aromatic rings. The molecule has 1 aliphatic rings. The maximum atomic E-state index is 13.5. The van der Waals surface area contributed by atoms with Crippen LogP contribution in [-0.2, 0) is 16.1 Å². The maximum Gasteiger partial charge on any atom is 0.283 e. The summed E-state index contributed by atoms with van der Waals surface area (Å²) in [6.45, 7) is 0.211. The molecule has 7 nitrogen and oxygen atoms in total. The molecular weight excluding hydrogens is 460 g/mol. The van der Waals surface area contributed by atoms with Crippen molar-refractivity contribution in [1.29, 1.82) is 0 Å². The van der Waals surface area contributed by atoms with E-state index >= 15 is 0 Å². The van der Waals surface area contributed by atoms with E-state index in [9.17, 15) is 18.8 Å². The van der Waals surface area contributed by atoms with Crippen molar-refractivity contribution in [3.8, 4) is 0 Å². The van der Waals surface area contributed by atoms with E-state index in [1.54, 1.807) is 30.3 Å². The van der Waals surface area contributed by atoms with Gasteiger partial charge in [0.2, 0.25) is 0 Å². The zero-order chi connectivity index (χ0) is 22.8. The number of imide groups is 1. The Hall–Kier alpha value is -3.62. The van der Waals surface area contributed by atoms with Crippen LogP contribution < -0.4 is 15.5 Å². The summed E-state index contributed by atoms with van der Waals surface area (Å²) < 4.78 is 18.6. The minimum atomic E-state index is -0.783. The van der Waals surface area contributed by atoms with Gasteiger partial charge in [-0.25, -0.2) is 9.29 Å². The summed E-state index contributed by atoms with van der Waals surface area (Å²) in [6, 6.07) is 13.2. The first kappa shape index (κ1) is 21.6. The molecule has 2 aromatic carbocycles. The number of rotatable bonds is 6. The molecule has 162 valence electrons. The zero-order valence-corrected chi connectivity index (χ0v) is 17.7. The van der Waals surface area contributed by atoms with Crippen LogP contribution in [0.5, 0.6) is 0 Å². The molecule has 1 aliphatic heterocycles. The van der Waals surface area contributed by atoms with Crippen molar-refractivity contribution >= 4 is 52.3 Å². The number of carbonyl (C=O) groups is 3. The van der Waals surface area contributed by atoms with Crippen LogP contribution in [0.3, 0.4) is 0 Å². The van der Waals surface area contributed by atoms with Gasteiger partial charge in [0.1, 0.15) is 22.3 Å². The predicted octanol–water partition coefficient (Wildman–Crippen LogP) is 4.44. The first-order chi connectivity index (χ1) is 15.3. The van der Waals surface area contributed by atoms with E-state index < -0.39 is 17.6 Å². The minimum Gasteiger partial charge on any atom is -0.467 e. The van der Waals surface area contributed by atoms with Gasteiger partial charge in [-0.3, -0.25) is 14.4 Å². The average Bonchev–Trinajstić information content (AvgIpc) is 3.37. The number of carbonyl (C=O) groups excluding carboxylic acids is 3. The van der Waals surface area contributed by atoms with E-state index in [1.165, 1.54) is 18.4 Å². The Balaban J connectivity index is 1.51. The van der Waals surface area contributed by atoms with Crippen molar-refractivity contribution in [2.45, 2.75) is 6.54 Å². The van der Waals surface area contributed by atoms with Crippen LogP contribution in [0.25, 0.3) is 0 Å². The Labute approximate surface area is 191 Å². The van der Waals surface area contributed by atoms with Gasteiger partial charge in [0, 0.05) is 11.3 Å². The van der Waals surface area contributed by atoms with Crippen molar-refractivity contribution in [3.63, 3.8) is 0 Å². The molecule has 2 heterocycles. The molecule has 4 rings (SSSR count). The number of benzene rings is 2. The zero-order valence-electron chi connectivity index (χ0n) is 16.2. The van der Waals surface area contributed by atoms with Crippen LogP contribution in [0.4, 0.5) is 15.8 Å². The highest BCUT2D eigenvalue weighted by Gasteiger charge is 2.39. The summed E-state index contributed by atoms with van der Waals surface area (Å²) in [5.74, 6) is -1.97. The lowest BCUT2D eigenvalue weighted by atomic mass is 10.2. The summed E-state index contributed by atoms with van der Waals surface area (Å²) in [7, 11) is 0. The molecule has 0 atom stereocenters. The Morgan fingerprint density at radius 3 is 2.56 bits per heavy atom. The van der Waals surface area contributed by atoms with Gasteiger partial charge in [0.05, 0.1) is 23.5 Å². The van der Waals surface area contributed by atoms with E-state index in [0.717, 1.165) is 17.0 Å². The van der Waals surface area contributed by atoms with Crippen molar-refractivity contribution < 1.29 is 23.2 Å². The second-order valence-corrected chi connectivity index (χ2v) is 7.49. The number of halogens is 3. The molecule has 2 N–H and O–H groups in total. The number of hydrogen-bond donors (Lipinski definition) is 2. The lowest BCUT2D eigenvalue weighted by Gasteiger charge is -2.15. The van der Waals surface area contributed by atoms with Crippen molar-refractivity contribution in [3.05, 3.63) is 93.8 Å². The van der Waals surface area contributed by atoms with E-state index in [-0.39, 0.29) is 33.9 Å². The van der Waals surface area contributed by atoms with E-state index in [2.05, 4.69) is 10.6 Å². The smallest absolute Gasteiger partial charge is 0.283 e. The summed E-state index contributed by atoms with van der Waals surface area (Å²) in [4.78, 5) is 38.6. The van der Waals surface area contributed by atoms with Crippen molar-refractivity contribution in [1.82, 2.24) is 5.32 Å². The Kier molecular flexibility index (Phi) is 5.98. The van der Waals surface area contributed by atoms with Crippen LogP contribution in [0.1, 0.15) is 16.1 Å². The van der Waals surface area contributed by atoms with Gasteiger partial charge in [-0.1, -0.05) is 29.3 Å².